The van der Waals surface area contributed by atoms with Crippen LogP contribution in [0.1, 0.15) is 34.2 Å². The summed E-state index contributed by atoms with van der Waals surface area (Å²) in [5, 5.41) is 0. The van der Waals surface area contributed by atoms with Gasteiger partial charge in [-0.05, 0) is 37.1 Å². The SMILES string of the molecule is COC(=O)[C@H]1CCN(C(=O)c2oc(-c3ccccc3)nc2C)c2ccccc21. The Morgan fingerprint density at radius 3 is 2.57 bits per heavy atom. The van der Waals surface area contributed by atoms with Gasteiger partial charge in [0.25, 0.3) is 5.91 Å². The second-order valence-electron chi connectivity index (χ2n) is 6.68. The fourth-order valence-electron chi connectivity index (χ4n) is 3.58. The quantitative estimate of drug-likeness (QED) is 0.647. The number of fused-ring (bicyclic) bond motifs is 1. The summed E-state index contributed by atoms with van der Waals surface area (Å²) in [4.78, 5) is 31.5. The highest BCUT2D eigenvalue weighted by molar-refractivity contribution is 6.06. The fraction of sp³-hybridized carbons (Fsp3) is 0.227. The molecule has 0 saturated heterocycles. The highest BCUT2D eigenvalue weighted by Crippen LogP contribution is 2.37. The van der Waals surface area contributed by atoms with Crippen LogP contribution in [0.5, 0.6) is 0 Å². The summed E-state index contributed by atoms with van der Waals surface area (Å²) in [5.41, 5.74) is 2.84. The number of methoxy groups -OCH3 is 1. The van der Waals surface area contributed by atoms with Crippen molar-refractivity contribution in [1.29, 1.82) is 0 Å². The van der Waals surface area contributed by atoms with Gasteiger partial charge in [0.1, 0.15) is 0 Å². The molecule has 0 saturated carbocycles. The van der Waals surface area contributed by atoms with E-state index in [1.165, 1.54) is 7.11 Å². The van der Waals surface area contributed by atoms with Crippen LogP contribution in [-0.2, 0) is 9.53 Å². The van der Waals surface area contributed by atoms with Gasteiger partial charge in [0, 0.05) is 17.8 Å². The van der Waals surface area contributed by atoms with Crippen molar-refractivity contribution in [2.75, 3.05) is 18.6 Å². The molecular weight excluding hydrogens is 356 g/mol. The number of aromatic nitrogens is 1. The van der Waals surface area contributed by atoms with Gasteiger partial charge >= 0.3 is 5.97 Å². The summed E-state index contributed by atoms with van der Waals surface area (Å²) in [6.07, 6.45) is 0.494. The second kappa shape index (κ2) is 7.31. The zero-order chi connectivity index (χ0) is 19.7. The lowest BCUT2D eigenvalue weighted by Crippen LogP contribution is -2.38. The Hall–Kier alpha value is -3.41. The average molecular weight is 376 g/mol. The Morgan fingerprint density at radius 1 is 1.11 bits per heavy atom. The molecule has 142 valence electrons. The number of para-hydroxylation sites is 1. The fourth-order valence-corrected chi connectivity index (χ4v) is 3.58. The van der Waals surface area contributed by atoms with Gasteiger partial charge in [-0.2, -0.15) is 0 Å². The van der Waals surface area contributed by atoms with E-state index in [2.05, 4.69) is 4.98 Å². The minimum atomic E-state index is -0.374. The van der Waals surface area contributed by atoms with Crippen LogP contribution in [-0.4, -0.2) is 30.5 Å². The third-order valence-electron chi connectivity index (χ3n) is 4.99. The van der Waals surface area contributed by atoms with Gasteiger partial charge in [0.2, 0.25) is 11.7 Å². The number of carbonyl (C=O) groups is 2. The number of carbonyl (C=O) groups excluding carboxylic acids is 2. The molecule has 2 aromatic carbocycles. The lowest BCUT2D eigenvalue weighted by molar-refractivity contribution is -0.142. The number of nitrogens with zero attached hydrogens (tertiary/aromatic N) is 2. The van der Waals surface area contributed by atoms with E-state index in [4.69, 9.17) is 9.15 Å². The summed E-state index contributed by atoms with van der Waals surface area (Å²) in [7, 11) is 1.38. The van der Waals surface area contributed by atoms with Crippen molar-refractivity contribution in [3.8, 4) is 11.5 Å². The highest BCUT2D eigenvalue weighted by atomic mass is 16.5. The van der Waals surface area contributed by atoms with E-state index in [1.54, 1.807) is 11.8 Å². The van der Waals surface area contributed by atoms with Crippen molar-refractivity contribution in [3.63, 3.8) is 0 Å². The van der Waals surface area contributed by atoms with Crippen LogP contribution in [0.3, 0.4) is 0 Å². The van der Waals surface area contributed by atoms with Crippen LogP contribution >= 0.6 is 0 Å². The monoisotopic (exact) mass is 376 g/mol. The van der Waals surface area contributed by atoms with Crippen molar-refractivity contribution in [2.45, 2.75) is 19.3 Å². The molecule has 6 nitrogen and oxygen atoms in total. The summed E-state index contributed by atoms with van der Waals surface area (Å²) in [5.74, 6) is -0.296. The predicted octanol–water partition coefficient (Wildman–Crippen LogP) is 3.96. The first-order valence-electron chi connectivity index (χ1n) is 9.11. The molecule has 1 aromatic heterocycles. The first kappa shape index (κ1) is 18.0. The molecule has 0 N–H and O–H groups in total. The molecule has 1 amide bonds. The van der Waals surface area contributed by atoms with Crippen molar-refractivity contribution < 1.29 is 18.7 Å². The Labute approximate surface area is 162 Å². The molecule has 0 bridgehead atoms. The molecule has 1 aliphatic heterocycles. The molecule has 28 heavy (non-hydrogen) atoms. The van der Waals surface area contributed by atoms with Gasteiger partial charge < -0.3 is 14.1 Å². The Kier molecular flexibility index (Phi) is 4.69. The zero-order valence-electron chi connectivity index (χ0n) is 15.7. The van der Waals surface area contributed by atoms with Gasteiger partial charge in [-0.15, -0.1) is 0 Å². The van der Waals surface area contributed by atoms with Crippen molar-refractivity contribution in [1.82, 2.24) is 4.98 Å². The molecule has 4 rings (SSSR count). The molecule has 0 radical (unpaired) electrons. The third kappa shape index (κ3) is 3.07. The van der Waals surface area contributed by atoms with Crippen LogP contribution in [0.2, 0.25) is 0 Å². The Morgan fingerprint density at radius 2 is 1.82 bits per heavy atom. The molecule has 1 aliphatic rings. The average Bonchev–Trinajstić information content (AvgIpc) is 3.14. The predicted molar refractivity (Wildman–Crippen MR) is 104 cm³/mol. The van der Waals surface area contributed by atoms with Crippen LogP contribution in [0, 0.1) is 6.92 Å². The van der Waals surface area contributed by atoms with E-state index in [-0.39, 0.29) is 23.6 Å². The van der Waals surface area contributed by atoms with Crippen molar-refractivity contribution >= 4 is 17.6 Å². The Balaban J connectivity index is 1.69. The number of hydrogen-bond donors (Lipinski definition) is 0. The Bertz CT molecular complexity index is 1030. The van der Waals surface area contributed by atoms with Crippen LogP contribution < -0.4 is 4.90 Å². The normalized spacial score (nSPS) is 15.8. The standard InChI is InChI=1S/C22H20N2O4/c1-14-19(28-20(23-14)15-8-4-3-5-9-15)21(25)24-13-12-17(22(26)27-2)16-10-6-7-11-18(16)24/h3-11,17H,12-13H2,1-2H3/t17-/m0/s1. The maximum absolute atomic E-state index is 13.3. The smallest absolute Gasteiger partial charge is 0.313 e. The molecule has 3 aromatic rings. The summed E-state index contributed by atoms with van der Waals surface area (Å²) in [6.45, 7) is 2.16. The number of aryl methyl sites for hydroxylation is 1. The van der Waals surface area contributed by atoms with E-state index in [0.29, 0.717) is 30.2 Å². The molecule has 2 heterocycles. The van der Waals surface area contributed by atoms with Crippen LogP contribution in [0.25, 0.3) is 11.5 Å². The van der Waals surface area contributed by atoms with Gasteiger partial charge in [-0.3, -0.25) is 9.59 Å². The number of esters is 1. The summed E-state index contributed by atoms with van der Waals surface area (Å²) in [6, 6.07) is 16.9. The molecule has 1 atom stereocenters. The number of rotatable bonds is 3. The highest BCUT2D eigenvalue weighted by Gasteiger charge is 2.35. The number of ether oxygens (including phenoxy) is 1. The lowest BCUT2D eigenvalue weighted by atomic mass is 9.89. The number of benzene rings is 2. The van der Waals surface area contributed by atoms with Gasteiger partial charge in [-0.1, -0.05) is 36.4 Å². The maximum atomic E-state index is 13.3. The number of anilines is 1. The minimum Gasteiger partial charge on any atom is -0.469 e. The largest absolute Gasteiger partial charge is 0.469 e. The van der Waals surface area contributed by atoms with E-state index in [9.17, 15) is 9.59 Å². The van der Waals surface area contributed by atoms with Crippen molar-refractivity contribution in [3.05, 3.63) is 71.6 Å². The first-order valence-corrected chi connectivity index (χ1v) is 9.11. The van der Waals surface area contributed by atoms with Gasteiger partial charge in [0.05, 0.1) is 18.7 Å². The molecular formula is C22H20N2O4. The van der Waals surface area contributed by atoms with Gasteiger partial charge in [0.15, 0.2) is 0 Å². The lowest BCUT2D eigenvalue weighted by Gasteiger charge is -2.32. The molecule has 0 spiro atoms. The molecule has 0 unspecified atom stereocenters. The topological polar surface area (TPSA) is 72.6 Å². The number of oxazole rings is 1. The molecule has 6 heteroatoms. The van der Waals surface area contributed by atoms with E-state index < -0.39 is 0 Å². The summed E-state index contributed by atoms with van der Waals surface area (Å²) < 4.78 is 10.8. The summed E-state index contributed by atoms with van der Waals surface area (Å²) >= 11 is 0. The van der Waals surface area contributed by atoms with Gasteiger partial charge in [-0.25, -0.2) is 4.98 Å². The zero-order valence-corrected chi connectivity index (χ0v) is 15.7. The van der Waals surface area contributed by atoms with Crippen LogP contribution in [0.4, 0.5) is 5.69 Å². The number of amides is 1. The van der Waals surface area contributed by atoms with Crippen molar-refractivity contribution in [2.24, 2.45) is 0 Å². The van der Waals surface area contributed by atoms with E-state index in [0.717, 1.165) is 11.1 Å². The minimum absolute atomic E-state index is 0.213. The molecule has 0 aliphatic carbocycles. The number of hydrogen-bond acceptors (Lipinski definition) is 5. The van der Waals surface area contributed by atoms with E-state index in [1.807, 2.05) is 54.6 Å². The first-order chi connectivity index (χ1) is 13.6. The molecule has 0 fully saturated rings. The van der Waals surface area contributed by atoms with Crippen LogP contribution in [0.15, 0.2) is 59.0 Å². The second-order valence-corrected chi connectivity index (χ2v) is 6.68. The van der Waals surface area contributed by atoms with E-state index >= 15 is 0 Å². The maximum Gasteiger partial charge on any atom is 0.313 e. The third-order valence-corrected chi connectivity index (χ3v) is 4.99.